The number of rotatable bonds is 4. The highest BCUT2D eigenvalue weighted by atomic mass is 35.5. The van der Waals surface area contributed by atoms with Crippen molar-refractivity contribution in [3.8, 4) is 11.5 Å². The zero-order valence-corrected chi connectivity index (χ0v) is 10.9. The van der Waals surface area contributed by atoms with E-state index in [0.29, 0.717) is 5.75 Å². The number of benzene rings is 1. The van der Waals surface area contributed by atoms with Crippen LogP contribution in [0.5, 0.6) is 11.5 Å². The van der Waals surface area contributed by atoms with Gasteiger partial charge in [0, 0.05) is 11.1 Å². The molecule has 1 unspecified atom stereocenters. The number of halogens is 1. The highest BCUT2D eigenvalue weighted by Gasteiger charge is 2.27. The molecule has 18 heavy (non-hydrogen) atoms. The standard InChI is InChI=1S/C10H9ClO6S/c1-5(17-18(13)14)8-6(10(11)12)2-3-7-9(8)16-4-15-7/h2-3,5,18H,4H2,1H3. The van der Waals surface area contributed by atoms with Crippen LogP contribution in [0.15, 0.2) is 12.1 Å². The van der Waals surface area contributed by atoms with E-state index in [9.17, 15) is 13.2 Å². The van der Waals surface area contributed by atoms with Gasteiger partial charge in [-0.1, -0.05) is 0 Å². The maximum atomic E-state index is 11.3. The molecule has 2 rings (SSSR count). The van der Waals surface area contributed by atoms with Crippen molar-refractivity contribution in [3.05, 3.63) is 23.3 Å². The Labute approximate surface area is 110 Å². The van der Waals surface area contributed by atoms with Crippen molar-refractivity contribution in [2.45, 2.75) is 13.0 Å². The molecule has 1 aliphatic heterocycles. The number of fused-ring (bicyclic) bond motifs is 1. The van der Waals surface area contributed by atoms with Crippen molar-refractivity contribution >= 4 is 27.8 Å². The number of carbonyl (C=O) groups excluding carboxylic acids is 1. The van der Waals surface area contributed by atoms with Crippen LogP contribution in [0.3, 0.4) is 0 Å². The number of hydrogen-bond donors (Lipinski definition) is 1. The second-order valence-corrected chi connectivity index (χ2v) is 4.51. The van der Waals surface area contributed by atoms with E-state index in [-0.39, 0.29) is 23.7 Å². The first-order chi connectivity index (χ1) is 8.50. The smallest absolute Gasteiger partial charge is 0.257 e. The summed E-state index contributed by atoms with van der Waals surface area (Å²) in [6, 6.07) is 2.97. The average molecular weight is 293 g/mol. The minimum absolute atomic E-state index is 0.00149. The van der Waals surface area contributed by atoms with Crippen molar-refractivity contribution in [2.75, 3.05) is 6.79 Å². The third-order valence-corrected chi connectivity index (χ3v) is 3.13. The Morgan fingerprint density at radius 1 is 1.44 bits per heavy atom. The molecule has 0 amide bonds. The van der Waals surface area contributed by atoms with Crippen LogP contribution in [0.1, 0.15) is 28.9 Å². The molecule has 0 radical (unpaired) electrons. The van der Waals surface area contributed by atoms with E-state index < -0.39 is 22.3 Å². The van der Waals surface area contributed by atoms with E-state index in [1.165, 1.54) is 19.1 Å². The molecule has 0 spiro atoms. The van der Waals surface area contributed by atoms with E-state index in [0.717, 1.165) is 0 Å². The fourth-order valence-electron chi connectivity index (χ4n) is 1.75. The van der Waals surface area contributed by atoms with Gasteiger partial charge in [0.2, 0.25) is 6.79 Å². The molecule has 0 bridgehead atoms. The Kier molecular flexibility index (Phi) is 3.74. The summed E-state index contributed by atoms with van der Waals surface area (Å²) in [6.45, 7) is 1.48. The Morgan fingerprint density at radius 3 is 2.78 bits per heavy atom. The molecule has 98 valence electrons. The summed E-state index contributed by atoms with van der Waals surface area (Å²) in [7, 11) is -3.05. The Hall–Kier alpha value is -1.31. The molecule has 0 saturated carbocycles. The third-order valence-electron chi connectivity index (χ3n) is 2.44. The van der Waals surface area contributed by atoms with Gasteiger partial charge in [-0.3, -0.25) is 8.98 Å². The number of thiol groups is 1. The summed E-state index contributed by atoms with van der Waals surface area (Å²) in [5.41, 5.74) is 0.398. The van der Waals surface area contributed by atoms with E-state index in [2.05, 4.69) is 4.18 Å². The van der Waals surface area contributed by atoms with Gasteiger partial charge in [0.1, 0.15) is 6.10 Å². The minimum Gasteiger partial charge on any atom is -0.454 e. The van der Waals surface area contributed by atoms with Crippen LogP contribution in [0.25, 0.3) is 0 Å². The first kappa shape index (κ1) is 13.1. The molecule has 8 heteroatoms. The highest BCUT2D eigenvalue weighted by Crippen LogP contribution is 2.42. The lowest BCUT2D eigenvalue weighted by atomic mass is 10.0. The van der Waals surface area contributed by atoms with E-state index >= 15 is 0 Å². The van der Waals surface area contributed by atoms with Crippen LogP contribution >= 0.6 is 11.6 Å². The lowest BCUT2D eigenvalue weighted by Gasteiger charge is -2.14. The Bertz CT molecular complexity index is 560. The predicted molar refractivity (Wildman–Crippen MR) is 62.6 cm³/mol. The average Bonchev–Trinajstić information content (AvgIpc) is 2.73. The van der Waals surface area contributed by atoms with Gasteiger partial charge >= 0.3 is 0 Å². The Balaban J connectivity index is 2.54. The zero-order valence-electron chi connectivity index (χ0n) is 9.21. The minimum atomic E-state index is -3.05. The van der Waals surface area contributed by atoms with Crippen molar-refractivity contribution in [1.82, 2.24) is 0 Å². The topological polar surface area (TPSA) is 78.9 Å². The predicted octanol–water partition coefficient (Wildman–Crippen LogP) is 1.40. The lowest BCUT2D eigenvalue weighted by Crippen LogP contribution is -2.06. The van der Waals surface area contributed by atoms with Gasteiger partial charge in [0.15, 0.2) is 11.5 Å². The maximum absolute atomic E-state index is 11.3. The second kappa shape index (κ2) is 5.13. The van der Waals surface area contributed by atoms with E-state index in [1.54, 1.807) is 0 Å². The van der Waals surface area contributed by atoms with E-state index in [1.807, 2.05) is 0 Å². The summed E-state index contributed by atoms with van der Waals surface area (Å²) in [5, 5.41) is -0.722. The van der Waals surface area contributed by atoms with Crippen LogP contribution in [0.4, 0.5) is 0 Å². The molecule has 1 aromatic rings. The number of carbonyl (C=O) groups is 1. The monoisotopic (exact) mass is 292 g/mol. The molecule has 0 saturated heterocycles. The number of ether oxygens (including phenoxy) is 2. The van der Waals surface area contributed by atoms with Gasteiger partial charge in [0.05, 0.1) is 0 Å². The summed E-state index contributed by atoms with van der Waals surface area (Å²) >= 11 is 5.45. The molecule has 1 heterocycles. The molecule has 6 nitrogen and oxygen atoms in total. The largest absolute Gasteiger partial charge is 0.454 e. The summed E-state index contributed by atoms with van der Waals surface area (Å²) < 4.78 is 36.2. The SMILES string of the molecule is CC(O[SH](=O)=O)c1c(C(=O)Cl)ccc2c1OCO2. The molecule has 0 fully saturated rings. The zero-order chi connectivity index (χ0) is 13.3. The molecule has 1 atom stereocenters. The summed E-state index contributed by atoms with van der Waals surface area (Å²) in [4.78, 5) is 11.3. The molecular formula is C10H9ClO6S. The summed E-state index contributed by atoms with van der Waals surface area (Å²) in [6.07, 6.45) is -0.888. The van der Waals surface area contributed by atoms with Crippen LogP contribution in [-0.4, -0.2) is 20.5 Å². The second-order valence-electron chi connectivity index (χ2n) is 3.51. The normalized spacial score (nSPS) is 14.8. The lowest BCUT2D eigenvalue weighted by molar-refractivity contribution is 0.107. The van der Waals surface area contributed by atoms with Gasteiger partial charge < -0.3 is 9.47 Å². The van der Waals surface area contributed by atoms with Gasteiger partial charge in [-0.25, -0.2) is 8.42 Å². The molecule has 1 aliphatic rings. The first-order valence-electron chi connectivity index (χ1n) is 4.94. The fraction of sp³-hybridized carbons (Fsp3) is 0.300. The molecular weight excluding hydrogens is 284 g/mol. The van der Waals surface area contributed by atoms with Gasteiger partial charge in [-0.05, 0) is 30.7 Å². The highest BCUT2D eigenvalue weighted by molar-refractivity contribution is 7.67. The molecule has 0 aromatic heterocycles. The maximum Gasteiger partial charge on any atom is 0.257 e. The molecule has 0 N–H and O–H groups in total. The molecule has 1 aromatic carbocycles. The fourth-order valence-corrected chi connectivity index (χ4v) is 2.28. The van der Waals surface area contributed by atoms with Crippen molar-refractivity contribution < 1.29 is 26.9 Å². The summed E-state index contributed by atoms with van der Waals surface area (Å²) in [5.74, 6) is 0.703. The third kappa shape index (κ3) is 2.43. The van der Waals surface area contributed by atoms with Crippen LogP contribution in [-0.2, 0) is 15.2 Å². The molecule has 0 aliphatic carbocycles. The van der Waals surface area contributed by atoms with Crippen molar-refractivity contribution in [1.29, 1.82) is 0 Å². The van der Waals surface area contributed by atoms with Gasteiger partial charge in [-0.15, -0.1) is 0 Å². The number of hydrogen-bond acceptors (Lipinski definition) is 6. The van der Waals surface area contributed by atoms with Crippen molar-refractivity contribution in [2.24, 2.45) is 0 Å². The van der Waals surface area contributed by atoms with Crippen LogP contribution in [0, 0.1) is 0 Å². The van der Waals surface area contributed by atoms with Gasteiger partial charge in [-0.2, -0.15) is 0 Å². The first-order valence-corrected chi connectivity index (χ1v) is 6.41. The van der Waals surface area contributed by atoms with Crippen LogP contribution in [0.2, 0.25) is 0 Å². The van der Waals surface area contributed by atoms with Crippen LogP contribution < -0.4 is 9.47 Å². The Morgan fingerprint density at radius 2 is 2.17 bits per heavy atom. The van der Waals surface area contributed by atoms with E-state index in [4.69, 9.17) is 21.1 Å². The van der Waals surface area contributed by atoms with Gasteiger partial charge in [0.25, 0.3) is 16.2 Å². The van der Waals surface area contributed by atoms with Crippen molar-refractivity contribution in [3.63, 3.8) is 0 Å². The quantitative estimate of drug-likeness (QED) is 0.667.